The van der Waals surface area contributed by atoms with Crippen molar-refractivity contribution in [1.29, 1.82) is 0 Å². The van der Waals surface area contributed by atoms with Crippen molar-refractivity contribution in [3.63, 3.8) is 0 Å². The van der Waals surface area contributed by atoms with Crippen LogP contribution >= 0.6 is 11.3 Å². The zero-order valence-electron chi connectivity index (χ0n) is 31.4. The van der Waals surface area contributed by atoms with E-state index in [4.69, 9.17) is 19.4 Å². The molecule has 4 aromatic heterocycles. The van der Waals surface area contributed by atoms with E-state index >= 15 is 0 Å². The summed E-state index contributed by atoms with van der Waals surface area (Å²) in [4.78, 5) is 16.2. The highest BCUT2D eigenvalue weighted by atomic mass is 32.1. The van der Waals surface area contributed by atoms with Crippen molar-refractivity contribution < 1.29 is 4.42 Å². The number of hydrogen-bond donors (Lipinski definition) is 0. The third kappa shape index (κ3) is 4.94. The number of nitrogens with zero attached hydrogens (tertiary/aromatic N) is 4. The minimum Gasteiger partial charge on any atom is -0.456 e. The van der Waals surface area contributed by atoms with Crippen LogP contribution in [0.2, 0.25) is 0 Å². The highest BCUT2D eigenvalue weighted by Gasteiger charge is 2.25. The molecule has 274 valence electrons. The zero-order chi connectivity index (χ0) is 38.6. The van der Waals surface area contributed by atoms with Gasteiger partial charge in [-0.1, -0.05) is 127 Å². The van der Waals surface area contributed by atoms with Crippen LogP contribution < -0.4 is 0 Å². The molecule has 0 fully saturated rings. The summed E-state index contributed by atoms with van der Waals surface area (Å²) in [6, 6.07) is 64.4. The monoisotopic (exact) mass is 770 g/mol. The smallest absolute Gasteiger partial charge is 0.166 e. The topological polar surface area (TPSA) is 56.7 Å². The van der Waals surface area contributed by atoms with E-state index in [0.29, 0.717) is 17.5 Å². The molecule has 59 heavy (non-hydrogen) atoms. The number of benzene rings is 9. The molecule has 0 bridgehead atoms. The molecule has 0 unspecified atom stereocenters. The molecule has 13 rings (SSSR count). The Kier molecular flexibility index (Phi) is 6.82. The average molecular weight is 771 g/mol. The summed E-state index contributed by atoms with van der Waals surface area (Å²) in [6.07, 6.45) is 0. The third-order valence-electron chi connectivity index (χ3n) is 11.8. The van der Waals surface area contributed by atoms with Gasteiger partial charge in [0.05, 0.1) is 22.3 Å². The fourth-order valence-electron chi connectivity index (χ4n) is 9.07. The summed E-state index contributed by atoms with van der Waals surface area (Å²) in [5.74, 6) is 1.80. The quantitative estimate of drug-likeness (QED) is 0.179. The first-order valence-corrected chi connectivity index (χ1v) is 20.6. The van der Waals surface area contributed by atoms with Gasteiger partial charge in [0, 0.05) is 52.8 Å². The third-order valence-corrected chi connectivity index (χ3v) is 12.9. The molecule has 9 aromatic carbocycles. The van der Waals surface area contributed by atoms with Gasteiger partial charge in [0.15, 0.2) is 17.5 Å². The Morgan fingerprint density at radius 2 is 1.02 bits per heavy atom. The molecule has 0 saturated heterocycles. The second kappa shape index (κ2) is 12.4. The van der Waals surface area contributed by atoms with E-state index in [0.717, 1.165) is 66.1 Å². The second-order valence-corrected chi connectivity index (χ2v) is 16.3. The summed E-state index contributed by atoms with van der Waals surface area (Å²) in [5.41, 5.74) is 7.51. The fourth-order valence-corrected chi connectivity index (χ4v) is 10.2. The Morgan fingerprint density at radius 3 is 1.86 bits per heavy atom. The molecule has 4 heterocycles. The summed E-state index contributed by atoms with van der Waals surface area (Å²) in [7, 11) is 0. The Balaban J connectivity index is 1.16. The van der Waals surface area contributed by atoms with Crippen molar-refractivity contribution >= 4 is 96.8 Å². The number of fused-ring (bicyclic) bond motifs is 11. The van der Waals surface area contributed by atoms with Crippen LogP contribution in [0.25, 0.3) is 125 Å². The van der Waals surface area contributed by atoms with Gasteiger partial charge in [0.2, 0.25) is 0 Å². The lowest BCUT2D eigenvalue weighted by molar-refractivity contribution is 0.669. The maximum absolute atomic E-state index is 6.60. The normalized spacial score (nSPS) is 12.1. The molecule has 0 N–H and O–H groups in total. The van der Waals surface area contributed by atoms with Crippen molar-refractivity contribution in [2.45, 2.75) is 0 Å². The number of aromatic nitrogens is 4. The van der Waals surface area contributed by atoms with Crippen molar-refractivity contribution in [2.75, 3.05) is 0 Å². The first-order chi connectivity index (χ1) is 29.2. The van der Waals surface area contributed by atoms with Crippen molar-refractivity contribution in [3.8, 4) is 39.9 Å². The van der Waals surface area contributed by atoms with E-state index in [-0.39, 0.29) is 0 Å². The van der Waals surface area contributed by atoms with Crippen LogP contribution in [-0.2, 0) is 0 Å². The predicted octanol–water partition coefficient (Wildman–Crippen LogP) is 14.5. The van der Waals surface area contributed by atoms with Gasteiger partial charge in [0.25, 0.3) is 0 Å². The molecule has 0 aliphatic heterocycles. The van der Waals surface area contributed by atoms with Gasteiger partial charge >= 0.3 is 0 Å². The maximum atomic E-state index is 6.60. The summed E-state index contributed by atoms with van der Waals surface area (Å²) in [6.45, 7) is 0. The summed E-state index contributed by atoms with van der Waals surface area (Å²) < 4.78 is 11.4. The lowest BCUT2D eigenvalue weighted by atomic mass is 10.0. The van der Waals surface area contributed by atoms with Gasteiger partial charge in [-0.15, -0.1) is 11.3 Å². The van der Waals surface area contributed by atoms with Crippen LogP contribution in [0.15, 0.2) is 186 Å². The Labute approximate surface area is 341 Å². The predicted molar refractivity (Wildman–Crippen MR) is 246 cm³/mol. The Bertz CT molecular complexity index is 3870. The summed E-state index contributed by atoms with van der Waals surface area (Å²) >= 11 is 1.79. The number of para-hydroxylation sites is 2. The van der Waals surface area contributed by atoms with Crippen molar-refractivity contribution in [1.82, 2.24) is 19.5 Å². The fraction of sp³-hybridized carbons (Fsp3) is 0. The standard InChI is InChI=1S/C53H30N4OS/c1-2-12-32-27-35(22-21-31(32)11-1)51-54-52(36-23-24-39-38-16-7-10-20-47(38)59-48(39)30-36)56-53(55-51)50-43(25-26-46-49(50)40-17-6-9-19-45(40)58-46)57-42-18-8-5-15-37(42)41-28-33-13-3-4-14-34(33)29-44(41)57/h1-30H. The molecule has 6 heteroatoms. The van der Waals surface area contributed by atoms with Gasteiger partial charge in [-0.3, -0.25) is 0 Å². The molecular weight excluding hydrogens is 741 g/mol. The molecular formula is C53H30N4OS. The van der Waals surface area contributed by atoms with E-state index in [2.05, 4.69) is 174 Å². The highest BCUT2D eigenvalue weighted by Crippen LogP contribution is 2.44. The number of thiophene rings is 1. The van der Waals surface area contributed by atoms with Crippen molar-refractivity contribution in [2.24, 2.45) is 0 Å². The van der Waals surface area contributed by atoms with Crippen LogP contribution in [0.1, 0.15) is 0 Å². The number of furan rings is 1. The van der Waals surface area contributed by atoms with Gasteiger partial charge in [0.1, 0.15) is 11.2 Å². The van der Waals surface area contributed by atoms with Crippen LogP contribution in [-0.4, -0.2) is 19.5 Å². The maximum Gasteiger partial charge on any atom is 0.166 e. The van der Waals surface area contributed by atoms with Crippen molar-refractivity contribution in [3.05, 3.63) is 182 Å². The largest absolute Gasteiger partial charge is 0.456 e. The van der Waals surface area contributed by atoms with Crippen LogP contribution in [0.3, 0.4) is 0 Å². The van der Waals surface area contributed by atoms with Crippen LogP contribution in [0.4, 0.5) is 0 Å². The number of rotatable bonds is 4. The molecule has 0 spiro atoms. The first-order valence-electron chi connectivity index (χ1n) is 19.8. The Hall–Kier alpha value is -7.67. The SMILES string of the molecule is c1ccc2cc(-c3nc(-c4ccc5c(c4)sc4ccccc45)nc(-c4c(-n5c6ccccc6c6cc7ccccc7cc65)ccc5oc6ccccc6c45)n3)ccc2c1. The molecule has 0 radical (unpaired) electrons. The minimum atomic E-state index is 0.577. The van der Waals surface area contributed by atoms with E-state index in [9.17, 15) is 0 Å². The molecule has 0 atom stereocenters. The van der Waals surface area contributed by atoms with Crippen LogP contribution in [0.5, 0.6) is 0 Å². The second-order valence-electron chi connectivity index (χ2n) is 15.2. The van der Waals surface area contributed by atoms with E-state index < -0.39 is 0 Å². The number of hydrogen-bond acceptors (Lipinski definition) is 5. The molecule has 13 aromatic rings. The van der Waals surface area contributed by atoms with E-state index in [1.807, 2.05) is 12.1 Å². The van der Waals surface area contributed by atoms with E-state index in [1.165, 1.54) is 41.7 Å². The van der Waals surface area contributed by atoms with Gasteiger partial charge in [-0.25, -0.2) is 15.0 Å². The molecule has 5 nitrogen and oxygen atoms in total. The molecule has 0 saturated carbocycles. The molecule has 0 aliphatic rings. The van der Waals surface area contributed by atoms with E-state index in [1.54, 1.807) is 11.3 Å². The Morgan fingerprint density at radius 1 is 0.390 bits per heavy atom. The summed E-state index contributed by atoms with van der Waals surface area (Å²) in [5, 5.41) is 11.5. The van der Waals surface area contributed by atoms with Gasteiger partial charge in [-0.05, 0) is 76.1 Å². The molecule has 0 aliphatic carbocycles. The van der Waals surface area contributed by atoms with Gasteiger partial charge < -0.3 is 8.98 Å². The van der Waals surface area contributed by atoms with Crippen LogP contribution in [0, 0.1) is 0 Å². The molecule has 0 amide bonds. The minimum absolute atomic E-state index is 0.577. The first kappa shape index (κ1) is 32.4. The lowest BCUT2D eigenvalue weighted by Crippen LogP contribution is -2.04. The zero-order valence-corrected chi connectivity index (χ0v) is 32.2. The highest BCUT2D eigenvalue weighted by molar-refractivity contribution is 7.25. The lowest BCUT2D eigenvalue weighted by Gasteiger charge is -2.16. The average Bonchev–Trinajstić information content (AvgIpc) is 3.96. The van der Waals surface area contributed by atoms with Gasteiger partial charge in [-0.2, -0.15) is 0 Å².